The molecule has 0 bridgehead atoms. The molecule has 2 N–H and O–H groups in total. The molecule has 2 aliphatic carbocycles. The number of amides is 1. The SMILES string of the molecule is Cc1nn(-c2cccc(Br)c2)c(C)c1C1C=CC(NC(=O)CC2(CC(=O)O)CCCC2)C1. The summed E-state index contributed by atoms with van der Waals surface area (Å²) in [7, 11) is 0. The Balaban J connectivity index is 1.42. The number of carboxylic acid groups (broad SMARTS) is 1. The third-order valence-corrected chi connectivity index (χ3v) is 7.42. The minimum Gasteiger partial charge on any atom is -0.481 e. The van der Waals surface area contributed by atoms with Crippen LogP contribution in [0.4, 0.5) is 0 Å². The van der Waals surface area contributed by atoms with Crippen LogP contribution in [-0.2, 0) is 9.59 Å². The number of hydrogen-bond donors (Lipinski definition) is 2. The normalized spacial score (nSPS) is 21.7. The highest BCUT2D eigenvalue weighted by atomic mass is 79.9. The highest BCUT2D eigenvalue weighted by molar-refractivity contribution is 9.10. The van der Waals surface area contributed by atoms with Gasteiger partial charge < -0.3 is 10.4 Å². The van der Waals surface area contributed by atoms with E-state index in [4.69, 9.17) is 5.10 Å². The number of aryl methyl sites for hydroxylation is 1. The molecule has 1 heterocycles. The molecule has 1 aromatic heterocycles. The number of carboxylic acids is 1. The zero-order valence-corrected chi connectivity index (χ0v) is 20.2. The first-order valence-electron chi connectivity index (χ1n) is 11.3. The van der Waals surface area contributed by atoms with Crippen LogP contribution in [-0.4, -0.2) is 32.8 Å². The number of hydrogen-bond acceptors (Lipinski definition) is 3. The molecule has 6 nitrogen and oxygen atoms in total. The summed E-state index contributed by atoms with van der Waals surface area (Å²) in [4.78, 5) is 24.1. The molecule has 2 aliphatic rings. The zero-order valence-electron chi connectivity index (χ0n) is 18.6. The van der Waals surface area contributed by atoms with Crippen LogP contribution in [0.3, 0.4) is 0 Å². The smallest absolute Gasteiger partial charge is 0.303 e. The Morgan fingerprint density at radius 3 is 2.66 bits per heavy atom. The quantitative estimate of drug-likeness (QED) is 0.512. The molecule has 0 saturated heterocycles. The van der Waals surface area contributed by atoms with Gasteiger partial charge in [-0.05, 0) is 56.7 Å². The molecule has 4 rings (SSSR count). The van der Waals surface area contributed by atoms with E-state index in [1.54, 1.807) is 0 Å². The molecule has 2 unspecified atom stereocenters. The molecule has 0 radical (unpaired) electrons. The van der Waals surface area contributed by atoms with Crippen molar-refractivity contribution in [1.82, 2.24) is 15.1 Å². The van der Waals surface area contributed by atoms with E-state index in [0.717, 1.165) is 53.7 Å². The van der Waals surface area contributed by atoms with E-state index in [1.807, 2.05) is 35.9 Å². The minimum absolute atomic E-state index is 0.0381. The van der Waals surface area contributed by atoms with Crippen LogP contribution in [0.25, 0.3) is 5.69 Å². The number of benzene rings is 1. The second kappa shape index (κ2) is 9.22. The van der Waals surface area contributed by atoms with E-state index >= 15 is 0 Å². The lowest BCUT2D eigenvalue weighted by Crippen LogP contribution is -2.37. The molecule has 0 aliphatic heterocycles. The second-order valence-corrected chi connectivity index (χ2v) is 10.2. The van der Waals surface area contributed by atoms with E-state index in [1.165, 1.54) is 5.56 Å². The van der Waals surface area contributed by atoms with Crippen LogP contribution < -0.4 is 5.32 Å². The Kier molecular flexibility index (Phi) is 6.56. The molecule has 1 aromatic carbocycles. The van der Waals surface area contributed by atoms with E-state index in [-0.39, 0.29) is 29.7 Å². The fourth-order valence-corrected chi connectivity index (χ4v) is 5.92. The summed E-state index contributed by atoms with van der Waals surface area (Å²) in [5, 5.41) is 17.2. The van der Waals surface area contributed by atoms with Crippen LogP contribution in [0.5, 0.6) is 0 Å². The van der Waals surface area contributed by atoms with E-state index < -0.39 is 5.97 Å². The van der Waals surface area contributed by atoms with Crippen LogP contribution in [0.1, 0.15) is 67.8 Å². The molecule has 2 atom stereocenters. The van der Waals surface area contributed by atoms with Gasteiger partial charge in [-0.2, -0.15) is 5.10 Å². The van der Waals surface area contributed by atoms with Crippen molar-refractivity contribution >= 4 is 27.8 Å². The third-order valence-electron chi connectivity index (χ3n) is 6.93. The van der Waals surface area contributed by atoms with E-state index in [0.29, 0.717) is 6.42 Å². The van der Waals surface area contributed by atoms with Crippen LogP contribution in [0, 0.1) is 19.3 Å². The van der Waals surface area contributed by atoms with Gasteiger partial charge in [0, 0.05) is 34.1 Å². The summed E-state index contributed by atoms with van der Waals surface area (Å²) >= 11 is 3.53. The van der Waals surface area contributed by atoms with Crippen LogP contribution in [0.15, 0.2) is 40.9 Å². The maximum absolute atomic E-state index is 12.8. The highest BCUT2D eigenvalue weighted by Crippen LogP contribution is 2.44. The number of nitrogens with zero attached hydrogens (tertiary/aromatic N) is 2. The summed E-state index contributed by atoms with van der Waals surface area (Å²) in [6.07, 6.45) is 9.06. The standard InChI is InChI=1S/C25H30BrN3O3/c1-16-24(17(2)29(28-16)21-7-5-6-19(26)13-21)18-8-9-20(12-18)27-22(30)14-25(15-23(31)32)10-3-4-11-25/h5-9,13,18,20H,3-4,10-12,14-15H2,1-2H3,(H,27,30)(H,31,32). The molecule has 0 spiro atoms. The lowest BCUT2D eigenvalue weighted by atomic mass is 9.79. The Bertz CT molecular complexity index is 1050. The van der Waals surface area contributed by atoms with Gasteiger partial charge in [-0.25, -0.2) is 4.68 Å². The monoisotopic (exact) mass is 499 g/mol. The number of aliphatic carboxylic acids is 1. The van der Waals surface area contributed by atoms with Gasteiger partial charge >= 0.3 is 5.97 Å². The van der Waals surface area contributed by atoms with Gasteiger partial charge in [0.1, 0.15) is 0 Å². The maximum Gasteiger partial charge on any atom is 0.303 e. The summed E-state index contributed by atoms with van der Waals surface area (Å²) in [6.45, 7) is 4.12. The number of carbonyl (C=O) groups excluding carboxylic acids is 1. The minimum atomic E-state index is -0.811. The molecule has 2 aromatic rings. The molecular weight excluding hydrogens is 470 g/mol. The molecule has 1 saturated carbocycles. The average Bonchev–Trinajstić information content (AvgIpc) is 3.41. The topological polar surface area (TPSA) is 84.2 Å². The molecule has 170 valence electrons. The summed E-state index contributed by atoms with van der Waals surface area (Å²) < 4.78 is 2.99. The number of rotatable bonds is 7. The zero-order chi connectivity index (χ0) is 22.9. The van der Waals surface area contributed by atoms with Crippen molar-refractivity contribution in [3.05, 3.63) is 57.8 Å². The van der Waals surface area contributed by atoms with Crippen molar-refractivity contribution in [2.45, 2.75) is 70.8 Å². The number of halogens is 1. The van der Waals surface area contributed by atoms with E-state index in [9.17, 15) is 14.7 Å². The van der Waals surface area contributed by atoms with Crippen LogP contribution in [0.2, 0.25) is 0 Å². The van der Waals surface area contributed by atoms with E-state index in [2.05, 4.69) is 40.3 Å². The first-order chi connectivity index (χ1) is 15.3. The molecule has 1 amide bonds. The van der Waals surface area contributed by atoms with Crippen molar-refractivity contribution in [2.24, 2.45) is 5.41 Å². The highest BCUT2D eigenvalue weighted by Gasteiger charge is 2.38. The Morgan fingerprint density at radius 2 is 1.97 bits per heavy atom. The Labute approximate surface area is 197 Å². The Morgan fingerprint density at radius 1 is 1.22 bits per heavy atom. The van der Waals surface area contributed by atoms with Gasteiger partial charge in [0.15, 0.2) is 0 Å². The largest absolute Gasteiger partial charge is 0.481 e. The number of allylic oxidation sites excluding steroid dienone is 1. The fourth-order valence-electron chi connectivity index (χ4n) is 5.53. The number of nitrogens with one attached hydrogen (secondary N) is 1. The molecule has 7 heteroatoms. The van der Waals surface area contributed by atoms with Crippen molar-refractivity contribution < 1.29 is 14.7 Å². The number of carbonyl (C=O) groups is 2. The summed E-state index contributed by atoms with van der Waals surface area (Å²) in [6, 6.07) is 8.04. The fraction of sp³-hybridized carbons (Fsp3) is 0.480. The van der Waals surface area contributed by atoms with Gasteiger partial charge in [-0.1, -0.05) is 47.0 Å². The van der Waals surface area contributed by atoms with Crippen molar-refractivity contribution in [3.8, 4) is 5.69 Å². The van der Waals surface area contributed by atoms with Gasteiger partial charge in [0.2, 0.25) is 5.91 Å². The summed E-state index contributed by atoms with van der Waals surface area (Å²) in [5.41, 5.74) is 3.94. The summed E-state index contributed by atoms with van der Waals surface area (Å²) in [5.74, 6) is -0.656. The predicted molar refractivity (Wildman–Crippen MR) is 127 cm³/mol. The number of aromatic nitrogens is 2. The van der Waals surface area contributed by atoms with Gasteiger partial charge in [-0.3, -0.25) is 9.59 Å². The lowest BCUT2D eigenvalue weighted by molar-refractivity contribution is -0.140. The first-order valence-corrected chi connectivity index (χ1v) is 12.1. The second-order valence-electron chi connectivity index (χ2n) is 9.33. The molecule has 32 heavy (non-hydrogen) atoms. The first kappa shape index (κ1) is 22.8. The van der Waals surface area contributed by atoms with Crippen molar-refractivity contribution in [2.75, 3.05) is 0 Å². The molecule has 1 fully saturated rings. The Hall–Kier alpha value is -2.41. The van der Waals surface area contributed by atoms with Crippen LogP contribution >= 0.6 is 15.9 Å². The van der Waals surface area contributed by atoms with Crippen molar-refractivity contribution in [1.29, 1.82) is 0 Å². The maximum atomic E-state index is 12.8. The van der Waals surface area contributed by atoms with Gasteiger partial charge in [-0.15, -0.1) is 0 Å². The third kappa shape index (κ3) is 4.82. The molecular formula is C25H30BrN3O3. The predicted octanol–water partition coefficient (Wildman–Crippen LogP) is 5.21. The van der Waals surface area contributed by atoms with Gasteiger partial charge in [0.25, 0.3) is 0 Å². The van der Waals surface area contributed by atoms with Gasteiger partial charge in [0.05, 0.1) is 17.8 Å². The average molecular weight is 500 g/mol. The lowest BCUT2D eigenvalue weighted by Gasteiger charge is -2.27. The van der Waals surface area contributed by atoms with Crippen molar-refractivity contribution in [3.63, 3.8) is 0 Å².